The van der Waals surface area contributed by atoms with Crippen molar-refractivity contribution in [2.45, 2.75) is 38.3 Å². The molecular weight excluding hydrogens is 362 g/mol. The number of carbonyl (C=O) groups is 1. The molecular formula is C22H27F2N2O2+. The number of quaternary nitrogens is 1. The van der Waals surface area contributed by atoms with Gasteiger partial charge in [0.05, 0.1) is 19.1 Å². The summed E-state index contributed by atoms with van der Waals surface area (Å²) in [6.07, 6.45) is 4.81. The van der Waals surface area contributed by atoms with Crippen LogP contribution in [0.1, 0.15) is 42.9 Å². The summed E-state index contributed by atoms with van der Waals surface area (Å²) in [4.78, 5) is 14.1. The summed E-state index contributed by atoms with van der Waals surface area (Å²) in [6.45, 7) is -0.339. The first kappa shape index (κ1) is 20.3. The summed E-state index contributed by atoms with van der Waals surface area (Å²) < 4.78 is 29.2. The van der Waals surface area contributed by atoms with Crippen LogP contribution in [0.15, 0.2) is 54.6 Å². The Bertz CT molecular complexity index is 730. The maximum atomic E-state index is 12.7. The van der Waals surface area contributed by atoms with E-state index in [1.54, 1.807) is 12.1 Å². The van der Waals surface area contributed by atoms with Crippen molar-refractivity contribution in [3.8, 4) is 5.75 Å². The van der Waals surface area contributed by atoms with Gasteiger partial charge in [0.15, 0.2) is 6.54 Å². The van der Waals surface area contributed by atoms with E-state index in [1.807, 2.05) is 30.3 Å². The van der Waals surface area contributed by atoms with Crippen LogP contribution in [0.4, 0.5) is 8.78 Å². The van der Waals surface area contributed by atoms with E-state index in [-0.39, 0.29) is 17.7 Å². The Kier molecular flexibility index (Phi) is 7.37. The molecule has 6 heteroatoms. The quantitative estimate of drug-likeness (QED) is 0.765. The second-order valence-corrected chi connectivity index (χ2v) is 7.20. The summed E-state index contributed by atoms with van der Waals surface area (Å²) in [5, 5.41) is 3.13. The van der Waals surface area contributed by atoms with Crippen LogP contribution < -0.4 is 15.0 Å². The van der Waals surface area contributed by atoms with Crippen LogP contribution in [-0.2, 0) is 4.79 Å². The third-order valence-electron chi connectivity index (χ3n) is 5.10. The van der Waals surface area contributed by atoms with Gasteiger partial charge < -0.3 is 15.0 Å². The van der Waals surface area contributed by atoms with Gasteiger partial charge in [0, 0.05) is 0 Å². The zero-order chi connectivity index (χ0) is 19.8. The third-order valence-corrected chi connectivity index (χ3v) is 5.10. The number of carbonyl (C=O) groups excluding carboxylic acids is 1. The highest BCUT2D eigenvalue weighted by Crippen LogP contribution is 2.24. The van der Waals surface area contributed by atoms with Gasteiger partial charge in [-0.3, -0.25) is 4.79 Å². The summed E-state index contributed by atoms with van der Waals surface area (Å²) >= 11 is 0. The van der Waals surface area contributed by atoms with Crippen LogP contribution >= 0.6 is 0 Å². The number of hydrogen-bond donors (Lipinski definition) is 2. The number of hydrogen-bond acceptors (Lipinski definition) is 2. The van der Waals surface area contributed by atoms with E-state index < -0.39 is 6.61 Å². The predicted molar refractivity (Wildman–Crippen MR) is 104 cm³/mol. The molecule has 28 heavy (non-hydrogen) atoms. The van der Waals surface area contributed by atoms with Crippen LogP contribution in [-0.4, -0.2) is 32.2 Å². The molecule has 2 N–H and O–H groups in total. The van der Waals surface area contributed by atoms with Gasteiger partial charge in [-0.1, -0.05) is 42.5 Å². The van der Waals surface area contributed by atoms with Crippen molar-refractivity contribution < 1.29 is 23.2 Å². The normalized spacial score (nSPS) is 16.4. The van der Waals surface area contributed by atoms with Gasteiger partial charge in [-0.2, -0.15) is 8.78 Å². The van der Waals surface area contributed by atoms with E-state index in [4.69, 9.17) is 0 Å². The summed E-state index contributed by atoms with van der Waals surface area (Å²) in [7, 11) is 0. The molecule has 1 aliphatic heterocycles. The molecule has 2 aromatic carbocycles. The van der Waals surface area contributed by atoms with Crippen LogP contribution in [0.2, 0.25) is 0 Å². The lowest BCUT2D eigenvalue weighted by atomic mass is 9.98. The summed E-state index contributed by atoms with van der Waals surface area (Å²) in [5.74, 6) is 0.101. The highest BCUT2D eigenvalue weighted by molar-refractivity contribution is 5.78. The van der Waals surface area contributed by atoms with E-state index in [2.05, 4.69) is 10.1 Å². The fourth-order valence-electron chi connectivity index (χ4n) is 3.69. The van der Waals surface area contributed by atoms with Gasteiger partial charge in [-0.15, -0.1) is 0 Å². The maximum absolute atomic E-state index is 12.7. The highest BCUT2D eigenvalue weighted by atomic mass is 19.3. The van der Waals surface area contributed by atoms with Crippen LogP contribution in [0.25, 0.3) is 0 Å². The van der Waals surface area contributed by atoms with E-state index >= 15 is 0 Å². The van der Waals surface area contributed by atoms with E-state index in [0.29, 0.717) is 6.54 Å². The van der Waals surface area contributed by atoms with Gasteiger partial charge in [-0.05, 0) is 48.9 Å². The zero-order valence-electron chi connectivity index (χ0n) is 15.9. The summed E-state index contributed by atoms with van der Waals surface area (Å²) in [6, 6.07) is 15.8. The molecule has 1 fully saturated rings. The molecule has 0 spiro atoms. The average Bonchev–Trinajstić information content (AvgIpc) is 2.96. The van der Waals surface area contributed by atoms with Gasteiger partial charge >= 0.3 is 6.61 Å². The van der Waals surface area contributed by atoms with Crippen molar-refractivity contribution >= 4 is 5.91 Å². The topological polar surface area (TPSA) is 42.8 Å². The van der Waals surface area contributed by atoms with E-state index in [9.17, 15) is 13.6 Å². The Morgan fingerprint density at radius 3 is 2.14 bits per heavy atom. The molecule has 0 saturated carbocycles. The van der Waals surface area contributed by atoms with Crippen LogP contribution in [0, 0.1) is 0 Å². The first-order valence-corrected chi connectivity index (χ1v) is 9.84. The summed E-state index contributed by atoms with van der Waals surface area (Å²) in [5.41, 5.74) is 1.77. The Hall–Kier alpha value is -2.47. The minimum absolute atomic E-state index is 0.00124. The Labute approximate surface area is 164 Å². The molecule has 0 aromatic heterocycles. The van der Waals surface area contributed by atoms with Crippen molar-refractivity contribution in [1.82, 2.24) is 5.32 Å². The van der Waals surface area contributed by atoms with Crippen molar-refractivity contribution in [3.05, 3.63) is 65.7 Å². The second kappa shape index (κ2) is 10.2. The monoisotopic (exact) mass is 389 g/mol. The van der Waals surface area contributed by atoms with E-state index in [1.165, 1.54) is 29.9 Å². The molecule has 1 aliphatic rings. The van der Waals surface area contributed by atoms with Crippen LogP contribution in [0.3, 0.4) is 0 Å². The molecule has 1 saturated heterocycles. The second-order valence-electron chi connectivity index (χ2n) is 7.20. The van der Waals surface area contributed by atoms with Gasteiger partial charge in [0.1, 0.15) is 5.75 Å². The lowest BCUT2D eigenvalue weighted by Gasteiger charge is -2.22. The molecule has 150 valence electrons. The molecule has 0 bridgehead atoms. The largest absolute Gasteiger partial charge is 0.435 e. The molecule has 1 heterocycles. The number of nitrogens with one attached hydrogen (secondary N) is 2. The molecule has 4 nitrogen and oxygen atoms in total. The smallest absolute Gasteiger partial charge is 0.387 e. The fraction of sp³-hybridized carbons (Fsp3) is 0.409. The lowest BCUT2D eigenvalue weighted by molar-refractivity contribution is -0.891. The van der Waals surface area contributed by atoms with E-state index in [0.717, 1.165) is 37.1 Å². The third kappa shape index (κ3) is 6.02. The highest BCUT2D eigenvalue weighted by Gasteiger charge is 2.21. The van der Waals surface area contributed by atoms with Gasteiger partial charge in [0.25, 0.3) is 5.91 Å². The van der Waals surface area contributed by atoms with Crippen molar-refractivity contribution in [2.75, 3.05) is 19.6 Å². The molecule has 3 rings (SSSR count). The number of likely N-dealkylation sites (tertiary alicyclic amines) is 1. The van der Waals surface area contributed by atoms with Gasteiger partial charge in [-0.25, -0.2) is 0 Å². The molecule has 0 unspecified atom stereocenters. The average molecular weight is 389 g/mol. The van der Waals surface area contributed by atoms with Gasteiger partial charge in [0.2, 0.25) is 0 Å². The number of halogens is 2. The Morgan fingerprint density at radius 2 is 1.54 bits per heavy atom. The van der Waals surface area contributed by atoms with Crippen LogP contribution in [0.5, 0.6) is 5.75 Å². The predicted octanol–water partition coefficient (Wildman–Crippen LogP) is 2.95. The number of benzene rings is 2. The molecule has 1 atom stereocenters. The van der Waals surface area contributed by atoms with Crippen molar-refractivity contribution in [1.29, 1.82) is 0 Å². The zero-order valence-corrected chi connectivity index (χ0v) is 15.9. The standard InChI is InChI=1S/C22H26F2N2O2/c23-22(24)28-19-12-10-18(11-13-19)21(17-8-4-3-5-9-17)25-20(27)16-26-14-6-1-2-7-15-26/h3-5,8-13,21-22H,1-2,6-7,14-16H2,(H,25,27)/p+1/t21-/m1/s1. The number of ether oxygens (including phenoxy) is 1. The van der Waals surface area contributed by atoms with Crippen molar-refractivity contribution in [3.63, 3.8) is 0 Å². The Morgan fingerprint density at radius 1 is 0.929 bits per heavy atom. The molecule has 1 amide bonds. The SMILES string of the molecule is O=C(C[NH+]1CCCCCC1)N[C@H](c1ccccc1)c1ccc(OC(F)F)cc1. The minimum Gasteiger partial charge on any atom is -0.435 e. The fourth-order valence-corrected chi connectivity index (χ4v) is 3.69. The van der Waals surface area contributed by atoms with Crippen molar-refractivity contribution in [2.24, 2.45) is 0 Å². The first-order valence-electron chi connectivity index (χ1n) is 9.84. The number of alkyl halides is 2. The minimum atomic E-state index is -2.85. The Balaban J connectivity index is 1.73. The molecule has 2 aromatic rings. The number of amides is 1. The first-order chi connectivity index (χ1) is 13.6. The number of rotatable bonds is 7. The molecule has 0 radical (unpaired) electrons. The lowest BCUT2D eigenvalue weighted by Crippen LogP contribution is -3.13. The molecule has 0 aliphatic carbocycles. The maximum Gasteiger partial charge on any atom is 0.387 e.